The second-order valence-electron chi connectivity index (χ2n) is 5.40. The monoisotopic (exact) mass is 279 g/mol. The lowest BCUT2D eigenvalue weighted by Crippen LogP contribution is -2.29. The zero-order valence-electron chi connectivity index (χ0n) is 12.0. The summed E-state index contributed by atoms with van der Waals surface area (Å²) in [7, 11) is 0. The van der Waals surface area contributed by atoms with Crippen molar-refractivity contribution in [3.63, 3.8) is 0 Å². The second-order valence-corrected chi connectivity index (χ2v) is 5.40. The van der Waals surface area contributed by atoms with Crippen LogP contribution < -0.4 is 0 Å². The molecule has 110 valence electrons. The minimum Gasteiger partial charge on any atom is -0.449 e. The van der Waals surface area contributed by atoms with Crippen molar-refractivity contribution in [3.8, 4) is 0 Å². The van der Waals surface area contributed by atoms with Crippen LogP contribution in [0.25, 0.3) is 0 Å². The molecular formula is C16H22FNO2. The van der Waals surface area contributed by atoms with Gasteiger partial charge in [-0.05, 0) is 42.9 Å². The predicted octanol–water partition coefficient (Wildman–Crippen LogP) is 3.63. The van der Waals surface area contributed by atoms with Gasteiger partial charge in [0.25, 0.3) is 0 Å². The number of hydrogen-bond donors (Lipinski definition) is 0. The lowest BCUT2D eigenvalue weighted by molar-refractivity contribution is 0.108. The van der Waals surface area contributed by atoms with E-state index in [1.54, 1.807) is 17.0 Å². The Morgan fingerprint density at radius 3 is 3.10 bits per heavy atom. The third-order valence-corrected chi connectivity index (χ3v) is 3.68. The number of nitrogens with zero attached hydrogens (tertiary/aromatic N) is 1. The van der Waals surface area contributed by atoms with Gasteiger partial charge in [0.15, 0.2) is 0 Å². The van der Waals surface area contributed by atoms with Crippen molar-refractivity contribution in [2.75, 3.05) is 19.7 Å². The summed E-state index contributed by atoms with van der Waals surface area (Å²) >= 11 is 0. The molecule has 0 spiro atoms. The van der Waals surface area contributed by atoms with Crippen molar-refractivity contribution >= 4 is 6.09 Å². The first kappa shape index (κ1) is 14.8. The van der Waals surface area contributed by atoms with E-state index in [0.717, 1.165) is 37.8 Å². The van der Waals surface area contributed by atoms with Crippen molar-refractivity contribution in [3.05, 3.63) is 35.6 Å². The Kier molecular flexibility index (Phi) is 5.39. The topological polar surface area (TPSA) is 29.5 Å². The number of carbonyl (C=O) groups is 1. The molecule has 4 heteroatoms. The largest absolute Gasteiger partial charge is 0.449 e. The van der Waals surface area contributed by atoms with Gasteiger partial charge in [-0.2, -0.15) is 0 Å². The molecule has 1 amide bonds. The summed E-state index contributed by atoms with van der Waals surface area (Å²) in [5.74, 6) is 0.201. The van der Waals surface area contributed by atoms with Gasteiger partial charge < -0.3 is 9.64 Å². The molecule has 1 aliphatic heterocycles. The van der Waals surface area contributed by atoms with Gasteiger partial charge in [0, 0.05) is 13.1 Å². The van der Waals surface area contributed by atoms with Gasteiger partial charge in [0.1, 0.15) is 5.82 Å². The number of unbranched alkanes of at least 4 members (excludes halogenated alkanes) is 1. The fourth-order valence-electron chi connectivity index (χ4n) is 2.56. The summed E-state index contributed by atoms with van der Waals surface area (Å²) in [6, 6.07) is 6.69. The highest BCUT2D eigenvalue weighted by atomic mass is 19.1. The average Bonchev–Trinajstić information content (AvgIpc) is 2.87. The van der Waals surface area contributed by atoms with Gasteiger partial charge >= 0.3 is 6.09 Å². The van der Waals surface area contributed by atoms with Crippen LogP contribution in [0.2, 0.25) is 0 Å². The number of likely N-dealkylation sites (tertiary alicyclic amines) is 1. The van der Waals surface area contributed by atoms with Crippen LogP contribution >= 0.6 is 0 Å². The molecule has 0 aromatic heterocycles. The van der Waals surface area contributed by atoms with Crippen LogP contribution in [0.3, 0.4) is 0 Å². The van der Waals surface area contributed by atoms with Crippen LogP contribution in [0.5, 0.6) is 0 Å². The van der Waals surface area contributed by atoms with E-state index in [4.69, 9.17) is 4.74 Å². The van der Waals surface area contributed by atoms with Crippen molar-refractivity contribution in [2.45, 2.75) is 32.6 Å². The fraction of sp³-hybridized carbons (Fsp3) is 0.562. The van der Waals surface area contributed by atoms with Gasteiger partial charge in [0.2, 0.25) is 0 Å². The summed E-state index contributed by atoms with van der Waals surface area (Å²) in [6.45, 7) is 4.02. The molecule has 0 bridgehead atoms. The molecule has 1 heterocycles. The molecule has 3 nitrogen and oxygen atoms in total. The Morgan fingerprint density at radius 1 is 1.50 bits per heavy atom. The Labute approximate surface area is 119 Å². The minimum absolute atomic E-state index is 0.198. The third kappa shape index (κ3) is 4.22. The summed E-state index contributed by atoms with van der Waals surface area (Å²) < 4.78 is 18.3. The maximum atomic E-state index is 13.1. The molecule has 1 saturated heterocycles. The van der Waals surface area contributed by atoms with Crippen LogP contribution in [0, 0.1) is 11.7 Å². The molecule has 1 fully saturated rings. The van der Waals surface area contributed by atoms with Gasteiger partial charge in [-0.25, -0.2) is 9.18 Å². The predicted molar refractivity (Wildman–Crippen MR) is 76.0 cm³/mol. The molecule has 0 aliphatic carbocycles. The maximum Gasteiger partial charge on any atom is 0.409 e. The van der Waals surface area contributed by atoms with Crippen molar-refractivity contribution in [1.82, 2.24) is 4.90 Å². The van der Waals surface area contributed by atoms with Crippen LogP contribution in [0.4, 0.5) is 9.18 Å². The minimum atomic E-state index is -0.208. The Bertz CT molecular complexity index is 450. The van der Waals surface area contributed by atoms with Crippen molar-refractivity contribution in [1.29, 1.82) is 0 Å². The van der Waals surface area contributed by atoms with Gasteiger partial charge in [-0.15, -0.1) is 0 Å². The summed E-state index contributed by atoms with van der Waals surface area (Å²) in [5.41, 5.74) is 0.996. The number of rotatable bonds is 5. The first-order chi connectivity index (χ1) is 9.69. The first-order valence-electron chi connectivity index (χ1n) is 7.35. The number of carbonyl (C=O) groups excluding carboxylic acids is 1. The van der Waals surface area contributed by atoms with E-state index < -0.39 is 0 Å². The molecule has 1 aromatic carbocycles. The Hall–Kier alpha value is -1.58. The SMILES string of the molecule is CCCCOC(=O)N1CC[C@@H](Cc2cccc(F)c2)C1. The number of halogens is 1. The van der Waals surface area contributed by atoms with Gasteiger partial charge in [0.05, 0.1) is 6.61 Å². The van der Waals surface area contributed by atoms with Crippen molar-refractivity contribution in [2.24, 2.45) is 5.92 Å². The van der Waals surface area contributed by atoms with Crippen LogP contribution in [0.1, 0.15) is 31.7 Å². The molecule has 0 radical (unpaired) electrons. The highest BCUT2D eigenvalue weighted by Gasteiger charge is 2.27. The third-order valence-electron chi connectivity index (χ3n) is 3.68. The normalized spacial score (nSPS) is 18.3. The van der Waals surface area contributed by atoms with E-state index in [9.17, 15) is 9.18 Å². The molecule has 0 saturated carbocycles. The number of benzene rings is 1. The van der Waals surface area contributed by atoms with E-state index in [0.29, 0.717) is 19.1 Å². The highest BCUT2D eigenvalue weighted by molar-refractivity contribution is 5.67. The fourth-order valence-corrected chi connectivity index (χ4v) is 2.56. The van der Waals surface area contributed by atoms with Crippen LogP contribution in [-0.4, -0.2) is 30.7 Å². The Morgan fingerprint density at radius 2 is 2.35 bits per heavy atom. The first-order valence-corrected chi connectivity index (χ1v) is 7.35. The summed E-state index contributed by atoms with van der Waals surface area (Å²) in [5, 5.41) is 0. The average molecular weight is 279 g/mol. The zero-order chi connectivity index (χ0) is 14.4. The molecular weight excluding hydrogens is 257 g/mol. The maximum absolute atomic E-state index is 13.1. The highest BCUT2D eigenvalue weighted by Crippen LogP contribution is 2.21. The van der Waals surface area contributed by atoms with E-state index in [1.807, 2.05) is 6.07 Å². The standard InChI is InChI=1S/C16H22FNO2/c1-2-3-9-20-16(19)18-8-7-14(12-18)10-13-5-4-6-15(17)11-13/h4-6,11,14H,2-3,7-10,12H2,1H3/t14-/m0/s1. The van der Waals surface area contributed by atoms with Gasteiger partial charge in [-0.1, -0.05) is 25.5 Å². The molecule has 1 aliphatic rings. The molecule has 20 heavy (non-hydrogen) atoms. The zero-order valence-corrected chi connectivity index (χ0v) is 12.0. The smallest absolute Gasteiger partial charge is 0.409 e. The van der Waals surface area contributed by atoms with Crippen molar-refractivity contribution < 1.29 is 13.9 Å². The molecule has 1 aromatic rings. The Balaban J connectivity index is 1.78. The lowest BCUT2D eigenvalue weighted by atomic mass is 9.99. The van der Waals surface area contributed by atoms with E-state index in [-0.39, 0.29) is 11.9 Å². The number of hydrogen-bond acceptors (Lipinski definition) is 2. The van der Waals surface area contributed by atoms with E-state index in [1.165, 1.54) is 6.07 Å². The quantitative estimate of drug-likeness (QED) is 0.770. The van der Waals surface area contributed by atoms with E-state index in [2.05, 4.69) is 6.92 Å². The molecule has 1 atom stereocenters. The van der Waals surface area contributed by atoms with E-state index >= 15 is 0 Å². The summed E-state index contributed by atoms with van der Waals surface area (Å²) in [4.78, 5) is 13.6. The second kappa shape index (κ2) is 7.27. The molecule has 0 unspecified atom stereocenters. The van der Waals surface area contributed by atoms with Gasteiger partial charge in [-0.3, -0.25) is 0 Å². The summed E-state index contributed by atoms with van der Waals surface area (Å²) in [6.07, 6.45) is 3.50. The van der Waals surface area contributed by atoms with Crippen LogP contribution in [-0.2, 0) is 11.2 Å². The number of ether oxygens (including phenoxy) is 1. The molecule has 2 rings (SSSR count). The lowest BCUT2D eigenvalue weighted by Gasteiger charge is -2.16. The molecule has 0 N–H and O–H groups in total. The van der Waals surface area contributed by atoms with Crippen LogP contribution in [0.15, 0.2) is 24.3 Å². The number of amides is 1.